The van der Waals surface area contributed by atoms with Gasteiger partial charge in [0.25, 0.3) is 0 Å². The Morgan fingerprint density at radius 3 is 2.07 bits per heavy atom. The van der Waals surface area contributed by atoms with E-state index in [9.17, 15) is 4.79 Å². The first-order valence-corrected chi connectivity index (χ1v) is 10.2. The van der Waals surface area contributed by atoms with Gasteiger partial charge < -0.3 is 4.74 Å². The molecule has 0 aromatic heterocycles. The van der Waals surface area contributed by atoms with Gasteiger partial charge in [-0.05, 0) is 81.8 Å². The Kier molecular flexibility index (Phi) is 5.85. The summed E-state index contributed by atoms with van der Waals surface area (Å²) in [5.74, 6) is 0.247. The van der Waals surface area contributed by atoms with Crippen LogP contribution in [0.15, 0.2) is 48.5 Å². The number of amides is 1. The molecule has 1 aliphatic rings. The van der Waals surface area contributed by atoms with Gasteiger partial charge in [0.2, 0.25) is 0 Å². The number of hydrogen-bond acceptors (Lipinski definition) is 4. The topological polar surface area (TPSA) is 77.1 Å². The van der Waals surface area contributed by atoms with Gasteiger partial charge in [0.05, 0.1) is 28.8 Å². The van der Waals surface area contributed by atoms with Crippen molar-refractivity contribution in [1.82, 2.24) is 4.90 Å². The van der Waals surface area contributed by atoms with E-state index in [1.54, 1.807) is 12.1 Å². The van der Waals surface area contributed by atoms with Gasteiger partial charge in [0.15, 0.2) is 0 Å². The van der Waals surface area contributed by atoms with Crippen molar-refractivity contribution in [3.63, 3.8) is 0 Å². The van der Waals surface area contributed by atoms with E-state index in [1.165, 1.54) is 0 Å². The van der Waals surface area contributed by atoms with E-state index in [0.717, 1.165) is 24.0 Å². The van der Waals surface area contributed by atoms with Crippen molar-refractivity contribution >= 4 is 6.09 Å². The second kappa shape index (κ2) is 8.20. The van der Waals surface area contributed by atoms with E-state index in [0.29, 0.717) is 17.7 Å². The van der Waals surface area contributed by atoms with Crippen molar-refractivity contribution in [3.8, 4) is 12.1 Å². The number of carbonyl (C=O) groups is 1. The molecule has 2 atom stereocenters. The van der Waals surface area contributed by atoms with Crippen LogP contribution in [0.25, 0.3) is 0 Å². The van der Waals surface area contributed by atoms with Crippen LogP contribution in [-0.4, -0.2) is 23.1 Å². The van der Waals surface area contributed by atoms with Gasteiger partial charge >= 0.3 is 6.09 Å². The number of rotatable bonds is 2. The minimum Gasteiger partial charge on any atom is -0.444 e. The zero-order chi connectivity index (χ0) is 21.9. The zero-order valence-corrected chi connectivity index (χ0v) is 18.0. The van der Waals surface area contributed by atoms with Gasteiger partial charge in [-0.25, -0.2) is 4.79 Å². The molecule has 1 heterocycles. The summed E-state index contributed by atoms with van der Waals surface area (Å²) >= 11 is 0. The molecule has 3 rings (SSSR count). The van der Waals surface area contributed by atoms with Crippen LogP contribution in [0.3, 0.4) is 0 Å². The summed E-state index contributed by atoms with van der Waals surface area (Å²) in [6.45, 7) is 8.23. The molecule has 0 spiro atoms. The number of hydrogen-bond donors (Lipinski definition) is 0. The van der Waals surface area contributed by atoms with E-state index in [1.807, 2.05) is 62.1 Å². The smallest absolute Gasteiger partial charge is 0.411 e. The van der Waals surface area contributed by atoms with E-state index in [-0.39, 0.29) is 12.0 Å². The van der Waals surface area contributed by atoms with Gasteiger partial charge in [-0.3, -0.25) is 4.90 Å². The first-order chi connectivity index (χ1) is 14.2. The molecule has 5 nitrogen and oxygen atoms in total. The first kappa shape index (κ1) is 21.4. The molecule has 30 heavy (non-hydrogen) atoms. The van der Waals surface area contributed by atoms with Gasteiger partial charge in [0.1, 0.15) is 5.60 Å². The second-order valence-electron chi connectivity index (χ2n) is 9.02. The fourth-order valence-corrected chi connectivity index (χ4v) is 4.13. The lowest BCUT2D eigenvalue weighted by atomic mass is 9.74. The van der Waals surface area contributed by atoms with Gasteiger partial charge in [-0.1, -0.05) is 24.3 Å². The second-order valence-corrected chi connectivity index (χ2v) is 9.02. The SMILES string of the molecule is CC(C)(C)OC(=O)N1CCC(c2ccc(C#N)cc2)CC1(C)c1ccc(C#N)cc1. The number of nitrogens with zero attached hydrogens (tertiary/aromatic N) is 3. The zero-order valence-electron chi connectivity index (χ0n) is 18.0. The van der Waals surface area contributed by atoms with Gasteiger partial charge in [-0.15, -0.1) is 0 Å². The number of nitriles is 2. The molecular formula is C25H27N3O2. The highest BCUT2D eigenvalue weighted by atomic mass is 16.6. The normalized spacial score (nSPS) is 21.4. The molecule has 1 amide bonds. The maximum absolute atomic E-state index is 13.1. The van der Waals surface area contributed by atoms with E-state index in [4.69, 9.17) is 15.3 Å². The van der Waals surface area contributed by atoms with Crippen molar-refractivity contribution in [2.45, 2.75) is 57.6 Å². The minimum atomic E-state index is -0.577. The minimum absolute atomic E-state index is 0.247. The Labute approximate surface area is 178 Å². The largest absolute Gasteiger partial charge is 0.444 e. The van der Waals surface area contributed by atoms with Crippen LogP contribution < -0.4 is 0 Å². The third-order valence-electron chi connectivity index (χ3n) is 5.70. The molecular weight excluding hydrogens is 374 g/mol. The Bertz CT molecular complexity index is 991. The standard InChI is InChI=1S/C25H27N3O2/c1-24(2,3)30-23(29)28-14-13-21(20-9-5-18(16-26)6-10-20)15-25(28,4)22-11-7-19(17-27)8-12-22/h5-12,21H,13-15H2,1-4H3. The Morgan fingerprint density at radius 1 is 1.03 bits per heavy atom. The highest BCUT2D eigenvalue weighted by molar-refractivity contribution is 5.70. The first-order valence-electron chi connectivity index (χ1n) is 10.2. The van der Waals surface area contributed by atoms with Gasteiger partial charge in [-0.2, -0.15) is 10.5 Å². The van der Waals surface area contributed by atoms with E-state index >= 15 is 0 Å². The summed E-state index contributed by atoms with van der Waals surface area (Å²) in [7, 11) is 0. The van der Waals surface area contributed by atoms with Crippen molar-refractivity contribution in [3.05, 3.63) is 70.8 Å². The Balaban J connectivity index is 1.97. The molecule has 2 aromatic carbocycles. The molecule has 0 radical (unpaired) electrons. The van der Waals surface area contributed by atoms with Crippen molar-refractivity contribution < 1.29 is 9.53 Å². The maximum atomic E-state index is 13.1. The predicted molar refractivity (Wildman–Crippen MR) is 115 cm³/mol. The van der Waals surface area contributed by atoms with Crippen LogP contribution >= 0.6 is 0 Å². The number of benzene rings is 2. The van der Waals surface area contributed by atoms with Crippen LogP contribution in [0.2, 0.25) is 0 Å². The number of likely N-dealkylation sites (tertiary alicyclic amines) is 1. The van der Waals surface area contributed by atoms with Crippen LogP contribution in [0.5, 0.6) is 0 Å². The molecule has 154 valence electrons. The quantitative estimate of drug-likeness (QED) is 0.669. The lowest BCUT2D eigenvalue weighted by molar-refractivity contribution is -0.0158. The summed E-state index contributed by atoms with van der Waals surface area (Å²) < 4.78 is 5.71. The van der Waals surface area contributed by atoms with Gasteiger partial charge in [0, 0.05) is 6.54 Å². The Morgan fingerprint density at radius 2 is 1.57 bits per heavy atom. The molecule has 2 aromatic rings. The summed E-state index contributed by atoms with van der Waals surface area (Å²) in [6, 6.07) is 19.4. The summed E-state index contributed by atoms with van der Waals surface area (Å²) in [6.07, 6.45) is 1.22. The average molecular weight is 402 g/mol. The Hall–Kier alpha value is -3.31. The lowest BCUT2D eigenvalue weighted by Gasteiger charge is -2.48. The van der Waals surface area contributed by atoms with Crippen LogP contribution in [0.4, 0.5) is 4.79 Å². The highest BCUT2D eigenvalue weighted by Gasteiger charge is 2.44. The van der Waals surface area contributed by atoms with Crippen LogP contribution in [0, 0.1) is 22.7 Å². The molecule has 1 aliphatic heterocycles. The van der Waals surface area contributed by atoms with Crippen molar-refractivity contribution in [1.29, 1.82) is 10.5 Å². The summed E-state index contributed by atoms with van der Waals surface area (Å²) in [4.78, 5) is 14.9. The highest BCUT2D eigenvalue weighted by Crippen LogP contribution is 2.44. The lowest BCUT2D eigenvalue weighted by Crippen LogP contribution is -2.53. The van der Waals surface area contributed by atoms with Crippen molar-refractivity contribution in [2.75, 3.05) is 6.54 Å². The monoisotopic (exact) mass is 401 g/mol. The summed E-state index contributed by atoms with van der Waals surface area (Å²) in [5, 5.41) is 18.2. The van der Waals surface area contributed by atoms with Crippen LogP contribution in [-0.2, 0) is 10.3 Å². The maximum Gasteiger partial charge on any atom is 0.411 e. The molecule has 1 fully saturated rings. The number of ether oxygens (including phenoxy) is 1. The molecule has 5 heteroatoms. The van der Waals surface area contributed by atoms with E-state index in [2.05, 4.69) is 19.1 Å². The third-order valence-corrected chi connectivity index (χ3v) is 5.70. The fraction of sp³-hybridized carbons (Fsp3) is 0.400. The third kappa shape index (κ3) is 4.47. The molecule has 1 saturated heterocycles. The van der Waals surface area contributed by atoms with E-state index < -0.39 is 11.1 Å². The predicted octanol–water partition coefficient (Wildman–Crippen LogP) is 5.46. The fourth-order valence-electron chi connectivity index (χ4n) is 4.13. The molecule has 0 N–H and O–H groups in total. The van der Waals surface area contributed by atoms with Crippen LogP contribution in [0.1, 0.15) is 68.7 Å². The molecule has 0 aliphatic carbocycles. The molecule has 0 bridgehead atoms. The summed E-state index contributed by atoms with van der Waals surface area (Å²) in [5.41, 5.74) is 2.22. The molecule has 0 saturated carbocycles. The number of carbonyl (C=O) groups excluding carboxylic acids is 1. The molecule has 2 unspecified atom stereocenters. The average Bonchev–Trinajstić information content (AvgIpc) is 2.72. The van der Waals surface area contributed by atoms with Crippen molar-refractivity contribution in [2.24, 2.45) is 0 Å². The number of piperidine rings is 1.